The lowest BCUT2D eigenvalue weighted by Crippen LogP contribution is -2.16. The number of nitrogens with one attached hydrogen (secondary N) is 1. The summed E-state index contributed by atoms with van der Waals surface area (Å²) in [5.74, 6) is 0.992. The van der Waals surface area contributed by atoms with Gasteiger partial charge in [0.2, 0.25) is 5.82 Å². The molecule has 0 spiro atoms. The van der Waals surface area contributed by atoms with Crippen LogP contribution >= 0.6 is 11.8 Å². The fourth-order valence-electron chi connectivity index (χ4n) is 3.66. The van der Waals surface area contributed by atoms with Crippen molar-refractivity contribution in [2.24, 2.45) is 0 Å². The number of aryl methyl sites for hydroxylation is 1. The molecule has 4 aromatic rings. The van der Waals surface area contributed by atoms with Gasteiger partial charge in [-0.1, -0.05) is 30.0 Å². The van der Waals surface area contributed by atoms with Crippen molar-refractivity contribution >= 4 is 23.3 Å². The lowest BCUT2D eigenvalue weighted by atomic mass is 10.0. The molecule has 158 valence electrons. The highest BCUT2D eigenvalue weighted by Crippen LogP contribution is 2.32. The summed E-state index contributed by atoms with van der Waals surface area (Å²) in [5.41, 5.74) is 3.29. The number of nitrogens with zero attached hydrogens (tertiary/aromatic N) is 3. The summed E-state index contributed by atoms with van der Waals surface area (Å²) in [5, 5.41) is 8.77. The standard InChI is InChI=1S/C23H22N4O3S/c1-13-19(15(3)28)14(2)24-20(13)21(29)16(4)31-23-26-25-22(18-11-8-12-30-18)27(23)17-9-6-5-7-10-17/h5-12,16,24H,1-4H3/t16-/m1/s1. The molecule has 0 aliphatic carbocycles. The largest absolute Gasteiger partial charge is 0.461 e. The summed E-state index contributed by atoms with van der Waals surface area (Å²) in [6.07, 6.45) is 1.58. The van der Waals surface area contributed by atoms with Crippen molar-refractivity contribution in [3.63, 3.8) is 0 Å². The Labute approximate surface area is 183 Å². The highest BCUT2D eigenvalue weighted by Gasteiger charge is 2.27. The van der Waals surface area contributed by atoms with E-state index in [2.05, 4.69) is 15.2 Å². The number of hydrogen-bond acceptors (Lipinski definition) is 6. The minimum Gasteiger partial charge on any atom is -0.461 e. The zero-order chi connectivity index (χ0) is 22.1. The van der Waals surface area contributed by atoms with Gasteiger partial charge in [-0.25, -0.2) is 0 Å². The number of H-pyrrole nitrogens is 1. The van der Waals surface area contributed by atoms with Crippen molar-refractivity contribution in [3.8, 4) is 17.3 Å². The first-order valence-corrected chi connectivity index (χ1v) is 10.7. The van der Waals surface area contributed by atoms with Crippen molar-refractivity contribution in [1.82, 2.24) is 19.7 Å². The van der Waals surface area contributed by atoms with Crippen LogP contribution in [-0.2, 0) is 0 Å². The van der Waals surface area contributed by atoms with Crippen LogP contribution in [0.5, 0.6) is 0 Å². The molecule has 0 amide bonds. The minimum absolute atomic E-state index is 0.0579. The first kappa shape index (κ1) is 20.9. The minimum atomic E-state index is -0.451. The highest BCUT2D eigenvalue weighted by atomic mass is 32.2. The number of ketones is 2. The number of Topliss-reactive ketones (excluding diaryl/α,β-unsaturated/α-hetero) is 2. The Balaban J connectivity index is 1.69. The number of aromatic amines is 1. The second-order valence-electron chi connectivity index (χ2n) is 7.26. The van der Waals surface area contributed by atoms with Gasteiger partial charge in [-0.15, -0.1) is 10.2 Å². The van der Waals surface area contributed by atoms with Gasteiger partial charge in [-0.05, 0) is 57.5 Å². The number of thioether (sulfide) groups is 1. The van der Waals surface area contributed by atoms with Gasteiger partial charge in [0.1, 0.15) is 0 Å². The molecule has 0 radical (unpaired) electrons. The smallest absolute Gasteiger partial charge is 0.205 e. The van der Waals surface area contributed by atoms with Gasteiger partial charge < -0.3 is 9.40 Å². The summed E-state index contributed by atoms with van der Waals surface area (Å²) in [4.78, 5) is 28.2. The Hall–Kier alpha value is -3.39. The third-order valence-corrected chi connectivity index (χ3v) is 6.12. The maximum absolute atomic E-state index is 13.2. The molecule has 7 nitrogen and oxygen atoms in total. The Morgan fingerprint density at radius 3 is 2.45 bits per heavy atom. The summed E-state index contributed by atoms with van der Waals surface area (Å²) in [6, 6.07) is 13.3. The van der Waals surface area contributed by atoms with E-state index in [0.717, 1.165) is 5.69 Å². The van der Waals surface area contributed by atoms with Crippen molar-refractivity contribution < 1.29 is 14.0 Å². The van der Waals surface area contributed by atoms with Crippen LogP contribution in [0, 0.1) is 13.8 Å². The molecule has 0 fully saturated rings. The normalized spacial score (nSPS) is 12.1. The molecule has 0 saturated heterocycles. The third kappa shape index (κ3) is 3.86. The molecule has 8 heteroatoms. The van der Waals surface area contributed by atoms with E-state index >= 15 is 0 Å². The molecule has 4 rings (SSSR count). The van der Waals surface area contributed by atoms with Crippen LogP contribution in [0.3, 0.4) is 0 Å². The zero-order valence-electron chi connectivity index (χ0n) is 17.7. The number of carbonyl (C=O) groups excluding carboxylic acids is 2. The molecule has 0 aliphatic heterocycles. The van der Waals surface area contributed by atoms with E-state index in [-0.39, 0.29) is 11.6 Å². The Morgan fingerprint density at radius 2 is 1.84 bits per heavy atom. The van der Waals surface area contributed by atoms with Gasteiger partial charge in [0, 0.05) is 16.9 Å². The van der Waals surface area contributed by atoms with Crippen LogP contribution in [0.25, 0.3) is 17.3 Å². The van der Waals surface area contributed by atoms with E-state index in [1.165, 1.54) is 18.7 Å². The average molecular weight is 435 g/mol. The number of aromatic nitrogens is 4. The first-order valence-electron chi connectivity index (χ1n) is 9.84. The van der Waals surface area contributed by atoms with Crippen LogP contribution in [0.15, 0.2) is 58.3 Å². The van der Waals surface area contributed by atoms with Crippen molar-refractivity contribution in [2.75, 3.05) is 0 Å². The van der Waals surface area contributed by atoms with Crippen molar-refractivity contribution in [3.05, 3.63) is 71.2 Å². The monoisotopic (exact) mass is 434 g/mol. The molecule has 1 atom stereocenters. The van der Waals surface area contributed by atoms with Gasteiger partial charge in [-0.3, -0.25) is 14.2 Å². The van der Waals surface area contributed by atoms with E-state index in [4.69, 9.17) is 4.42 Å². The highest BCUT2D eigenvalue weighted by molar-refractivity contribution is 8.00. The fraction of sp³-hybridized carbons (Fsp3) is 0.217. The van der Waals surface area contributed by atoms with Crippen LogP contribution in [0.4, 0.5) is 0 Å². The molecule has 0 bridgehead atoms. The molecule has 31 heavy (non-hydrogen) atoms. The molecule has 3 aromatic heterocycles. The Morgan fingerprint density at radius 1 is 1.10 bits per heavy atom. The summed E-state index contributed by atoms with van der Waals surface area (Å²) in [7, 11) is 0. The molecule has 1 N–H and O–H groups in total. The van der Waals surface area contributed by atoms with E-state index < -0.39 is 5.25 Å². The summed E-state index contributed by atoms with van der Waals surface area (Å²) >= 11 is 1.31. The summed E-state index contributed by atoms with van der Waals surface area (Å²) in [6.45, 7) is 6.94. The number of benzene rings is 1. The van der Waals surface area contributed by atoms with Gasteiger partial charge in [-0.2, -0.15) is 0 Å². The van der Waals surface area contributed by atoms with Crippen LogP contribution in [-0.4, -0.2) is 36.6 Å². The lowest BCUT2D eigenvalue weighted by Gasteiger charge is -2.12. The number of rotatable bonds is 7. The van der Waals surface area contributed by atoms with Gasteiger partial charge in [0.25, 0.3) is 0 Å². The van der Waals surface area contributed by atoms with Gasteiger partial charge in [0.05, 0.1) is 17.2 Å². The van der Waals surface area contributed by atoms with Crippen molar-refractivity contribution in [2.45, 2.75) is 38.1 Å². The summed E-state index contributed by atoms with van der Waals surface area (Å²) < 4.78 is 7.41. The van der Waals surface area contributed by atoms with E-state index in [1.54, 1.807) is 26.2 Å². The van der Waals surface area contributed by atoms with E-state index in [0.29, 0.717) is 39.3 Å². The molecule has 0 unspecified atom stereocenters. The van der Waals surface area contributed by atoms with Crippen LogP contribution < -0.4 is 0 Å². The molecule has 0 saturated carbocycles. The Kier molecular flexibility index (Phi) is 5.65. The van der Waals surface area contributed by atoms with Gasteiger partial charge >= 0.3 is 0 Å². The zero-order valence-corrected chi connectivity index (χ0v) is 18.5. The Bertz CT molecular complexity index is 1240. The predicted molar refractivity (Wildman–Crippen MR) is 119 cm³/mol. The second kappa shape index (κ2) is 8.39. The van der Waals surface area contributed by atoms with E-state index in [1.807, 2.05) is 47.9 Å². The topological polar surface area (TPSA) is 93.8 Å². The van der Waals surface area contributed by atoms with E-state index in [9.17, 15) is 9.59 Å². The lowest BCUT2D eigenvalue weighted by molar-refractivity contribution is 0.0988. The quantitative estimate of drug-likeness (QED) is 0.324. The average Bonchev–Trinajstić information content (AvgIpc) is 3.47. The molecular weight excluding hydrogens is 412 g/mol. The SMILES string of the molecule is CC(=O)c1c(C)[nH]c(C(=O)[C@@H](C)Sc2nnc(-c3ccco3)n2-c2ccccc2)c1C. The van der Waals surface area contributed by atoms with Crippen molar-refractivity contribution in [1.29, 1.82) is 0 Å². The predicted octanol–water partition coefficient (Wildman–Crippen LogP) is 5.04. The number of carbonyl (C=O) groups is 2. The van der Waals surface area contributed by atoms with Crippen LogP contribution in [0.1, 0.15) is 46.0 Å². The van der Waals surface area contributed by atoms with Crippen LogP contribution in [0.2, 0.25) is 0 Å². The first-order chi connectivity index (χ1) is 14.9. The maximum Gasteiger partial charge on any atom is 0.205 e. The van der Waals surface area contributed by atoms with Gasteiger partial charge in [0.15, 0.2) is 22.5 Å². The maximum atomic E-state index is 13.2. The number of furan rings is 1. The molecular formula is C23H22N4O3S. The molecule has 0 aliphatic rings. The molecule has 3 heterocycles. The fourth-order valence-corrected chi connectivity index (χ4v) is 4.59. The third-order valence-electron chi connectivity index (χ3n) is 5.08. The number of para-hydroxylation sites is 1. The number of hydrogen-bond donors (Lipinski definition) is 1. The molecule has 1 aromatic carbocycles. The second-order valence-corrected chi connectivity index (χ2v) is 8.57.